The number of carbonyl (C=O) groups excluding carboxylic acids is 1. The summed E-state index contributed by atoms with van der Waals surface area (Å²) in [6, 6.07) is 16.6. The fourth-order valence-electron chi connectivity index (χ4n) is 3.53. The molecule has 1 aliphatic rings. The molecule has 0 atom stereocenters. The zero-order valence-electron chi connectivity index (χ0n) is 16.5. The third-order valence-electron chi connectivity index (χ3n) is 5.34. The molecule has 1 amide bonds. The fraction of sp³-hybridized carbons (Fsp3) is 0.217. The van der Waals surface area contributed by atoms with Crippen molar-refractivity contribution in [1.82, 2.24) is 20.0 Å². The van der Waals surface area contributed by atoms with E-state index in [0.717, 1.165) is 28.3 Å². The van der Waals surface area contributed by atoms with E-state index in [1.54, 1.807) is 0 Å². The number of fused-ring (bicyclic) bond motifs is 1. The van der Waals surface area contributed by atoms with Crippen LogP contribution in [0, 0.1) is 0 Å². The number of nitrogens with zero attached hydrogens (tertiary/aromatic N) is 3. The minimum Gasteiger partial charge on any atom is -0.350 e. The third-order valence-corrected chi connectivity index (χ3v) is 5.87. The highest BCUT2D eigenvalue weighted by atomic mass is 79.9. The second-order valence-corrected chi connectivity index (χ2v) is 8.55. The number of nitrogens with one attached hydrogen (secondary N) is 1. The van der Waals surface area contributed by atoms with E-state index in [-0.39, 0.29) is 18.0 Å². The minimum absolute atomic E-state index is 0.0761. The number of aromatic nitrogens is 3. The van der Waals surface area contributed by atoms with Crippen molar-refractivity contribution < 1.29 is 9.32 Å². The number of carbonyl (C=O) groups is 1. The summed E-state index contributed by atoms with van der Waals surface area (Å²) in [6.07, 6.45) is 2.13. The molecular weight excluding hydrogens is 460 g/mol. The second kappa shape index (κ2) is 8.11. The molecule has 0 radical (unpaired) electrons. The van der Waals surface area contributed by atoms with Crippen LogP contribution in [0.4, 0.5) is 0 Å². The number of amides is 1. The highest BCUT2D eigenvalue weighted by molar-refractivity contribution is 9.10. The van der Waals surface area contributed by atoms with E-state index in [0.29, 0.717) is 35.3 Å². The van der Waals surface area contributed by atoms with Gasteiger partial charge in [-0.15, -0.1) is 0 Å². The van der Waals surface area contributed by atoms with Crippen LogP contribution in [0.25, 0.3) is 22.4 Å². The van der Waals surface area contributed by atoms with Crippen LogP contribution in [0.3, 0.4) is 0 Å². The zero-order chi connectivity index (χ0) is 21.4. The van der Waals surface area contributed by atoms with Crippen molar-refractivity contribution in [2.75, 3.05) is 0 Å². The Balaban J connectivity index is 1.42. The van der Waals surface area contributed by atoms with Crippen LogP contribution < -0.4 is 10.9 Å². The number of pyridine rings is 1. The summed E-state index contributed by atoms with van der Waals surface area (Å²) in [5.41, 5.74) is 1.92. The van der Waals surface area contributed by atoms with Crippen molar-refractivity contribution in [2.24, 2.45) is 0 Å². The molecule has 1 fully saturated rings. The van der Waals surface area contributed by atoms with Crippen molar-refractivity contribution in [3.8, 4) is 11.5 Å². The van der Waals surface area contributed by atoms with Gasteiger partial charge in [0.15, 0.2) is 5.82 Å². The molecule has 4 aromatic rings. The van der Waals surface area contributed by atoms with E-state index < -0.39 is 0 Å². The number of hydrogen-bond donors (Lipinski definition) is 1. The maximum Gasteiger partial charge on any atom is 0.258 e. The molecule has 5 rings (SSSR count). The lowest BCUT2D eigenvalue weighted by atomic mass is 10.1. The van der Waals surface area contributed by atoms with Gasteiger partial charge in [0.2, 0.25) is 5.91 Å². The van der Waals surface area contributed by atoms with Gasteiger partial charge in [-0.3, -0.25) is 14.2 Å². The third kappa shape index (κ3) is 4.16. The smallest absolute Gasteiger partial charge is 0.258 e. The van der Waals surface area contributed by atoms with Crippen molar-refractivity contribution in [3.05, 3.63) is 80.8 Å². The molecule has 2 aromatic carbocycles. The summed E-state index contributed by atoms with van der Waals surface area (Å²) < 4.78 is 7.88. The molecule has 1 N–H and O–H groups in total. The molecule has 156 valence electrons. The molecule has 0 saturated heterocycles. The van der Waals surface area contributed by atoms with Crippen molar-refractivity contribution in [1.29, 1.82) is 0 Å². The Kier molecular flexibility index (Phi) is 5.15. The first-order valence-corrected chi connectivity index (χ1v) is 10.9. The highest BCUT2D eigenvalue weighted by Crippen LogP contribution is 2.39. The Hall–Kier alpha value is -3.26. The minimum atomic E-state index is -0.293. The van der Waals surface area contributed by atoms with E-state index >= 15 is 0 Å². The first kappa shape index (κ1) is 19.7. The van der Waals surface area contributed by atoms with Gasteiger partial charge in [-0.1, -0.05) is 51.4 Å². The molecule has 7 nitrogen and oxygen atoms in total. The van der Waals surface area contributed by atoms with Crippen LogP contribution in [0.15, 0.2) is 68.4 Å². The first-order chi connectivity index (χ1) is 15.1. The average molecular weight is 479 g/mol. The Bertz CT molecular complexity index is 1320. The van der Waals surface area contributed by atoms with Crippen molar-refractivity contribution >= 4 is 32.7 Å². The van der Waals surface area contributed by atoms with Crippen molar-refractivity contribution in [2.45, 2.75) is 31.8 Å². The first-order valence-electron chi connectivity index (χ1n) is 10.1. The number of hydrogen-bond acceptors (Lipinski definition) is 5. The van der Waals surface area contributed by atoms with Crippen molar-refractivity contribution in [3.63, 3.8) is 0 Å². The summed E-state index contributed by atoms with van der Waals surface area (Å²) in [4.78, 5) is 30.0. The summed E-state index contributed by atoms with van der Waals surface area (Å²) in [5.74, 6) is 1.15. The quantitative estimate of drug-likeness (QED) is 0.452. The van der Waals surface area contributed by atoms with Crippen LogP contribution in [-0.4, -0.2) is 20.6 Å². The van der Waals surface area contributed by atoms with Gasteiger partial charge in [0.1, 0.15) is 6.54 Å². The SMILES string of the molecule is O=C(Cn1c(=O)cc(-c2nc(C3CC3)no2)c2ccccc21)NCc1ccc(Br)cc1. The van der Waals surface area contributed by atoms with Gasteiger partial charge in [-0.25, -0.2) is 0 Å². The maximum absolute atomic E-state index is 12.9. The van der Waals surface area contributed by atoms with E-state index in [1.807, 2.05) is 48.5 Å². The Morgan fingerprint density at radius 1 is 1.16 bits per heavy atom. The van der Waals surface area contributed by atoms with Gasteiger partial charge in [0.05, 0.1) is 11.1 Å². The molecule has 0 spiro atoms. The van der Waals surface area contributed by atoms with Gasteiger partial charge in [-0.2, -0.15) is 4.98 Å². The van der Waals surface area contributed by atoms with E-state index in [1.165, 1.54) is 10.6 Å². The normalized spacial score (nSPS) is 13.5. The lowest BCUT2D eigenvalue weighted by Gasteiger charge is -2.12. The zero-order valence-corrected chi connectivity index (χ0v) is 18.1. The number of rotatable bonds is 6. The molecule has 0 unspecified atom stereocenters. The summed E-state index contributed by atoms with van der Waals surface area (Å²) in [5, 5.41) is 7.72. The molecule has 1 saturated carbocycles. The summed E-state index contributed by atoms with van der Waals surface area (Å²) in [7, 11) is 0. The molecule has 0 bridgehead atoms. The number of halogens is 1. The lowest BCUT2D eigenvalue weighted by molar-refractivity contribution is -0.121. The molecule has 1 aliphatic carbocycles. The van der Waals surface area contributed by atoms with E-state index in [2.05, 4.69) is 31.4 Å². The molecular formula is C23H19BrN4O3. The largest absolute Gasteiger partial charge is 0.350 e. The van der Waals surface area contributed by atoms with Crippen LogP contribution in [0.2, 0.25) is 0 Å². The maximum atomic E-state index is 12.9. The van der Waals surface area contributed by atoms with Gasteiger partial charge in [-0.05, 0) is 36.6 Å². The summed E-state index contributed by atoms with van der Waals surface area (Å²) in [6.45, 7) is 0.316. The topological polar surface area (TPSA) is 90.0 Å². The Labute approximate surface area is 186 Å². The highest BCUT2D eigenvalue weighted by Gasteiger charge is 2.29. The van der Waals surface area contributed by atoms with Gasteiger partial charge < -0.3 is 9.84 Å². The standard InChI is InChI=1S/C23H19BrN4O3/c24-16-9-5-14(6-10-16)12-25-20(29)13-28-19-4-2-1-3-17(19)18(11-21(28)30)23-26-22(27-31-23)15-7-8-15/h1-6,9-11,15H,7-8,12-13H2,(H,25,29). The van der Waals surface area contributed by atoms with E-state index in [9.17, 15) is 9.59 Å². The van der Waals surface area contributed by atoms with E-state index in [4.69, 9.17) is 4.52 Å². The molecule has 0 aliphatic heterocycles. The fourth-order valence-corrected chi connectivity index (χ4v) is 3.79. The van der Waals surface area contributed by atoms with Crippen LogP contribution in [-0.2, 0) is 17.9 Å². The molecule has 8 heteroatoms. The summed E-state index contributed by atoms with van der Waals surface area (Å²) >= 11 is 3.39. The molecule has 2 heterocycles. The second-order valence-electron chi connectivity index (χ2n) is 7.63. The van der Waals surface area contributed by atoms with Gasteiger partial charge >= 0.3 is 0 Å². The molecule has 2 aromatic heterocycles. The monoisotopic (exact) mass is 478 g/mol. The van der Waals surface area contributed by atoms with Gasteiger partial charge in [0, 0.05) is 28.4 Å². The predicted octanol–water partition coefficient (Wildman–Crippen LogP) is 4.01. The number of benzene rings is 2. The number of para-hydroxylation sites is 1. The van der Waals surface area contributed by atoms with Crippen LogP contribution >= 0.6 is 15.9 Å². The average Bonchev–Trinajstić information content (AvgIpc) is 3.52. The van der Waals surface area contributed by atoms with Crippen LogP contribution in [0.5, 0.6) is 0 Å². The van der Waals surface area contributed by atoms with Crippen LogP contribution in [0.1, 0.15) is 30.1 Å². The van der Waals surface area contributed by atoms with Gasteiger partial charge in [0.25, 0.3) is 11.4 Å². The molecule has 31 heavy (non-hydrogen) atoms. The Morgan fingerprint density at radius 3 is 2.71 bits per heavy atom. The lowest BCUT2D eigenvalue weighted by Crippen LogP contribution is -2.32. The Morgan fingerprint density at radius 2 is 1.94 bits per heavy atom. The predicted molar refractivity (Wildman–Crippen MR) is 119 cm³/mol.